The summed E-state index contributed by atoms with van der Waals surface area (Å²) in [5.74, 6) is 1.37. The lowest BCUT2D eigenvalue weighted by molar-refractivity contribution is -0.313. The predicted octanol–water partition coefficient (Wildman–Crippen LogP) is 22.5. The van der Waals surface area contributed by atoms with Crippen molar-refractivity contribution in [2.24, 2.45) is 52.3 Å². The number of ether oxygens (including phenoxy) is 6. The summed E-state index contributed by atoms with van der Waals surface area (Å²) >= 11 is 0. The van der Waals surface area contributed by atoms with E-state index in [1.807, 2.05) is 182 Å². The Morgan fingerprint density at radius 2 is 0.857 bits per heavy atom. The molecule has 1 saturated heterocycles. The lowest BCUT2D eigenvalue weighted by Crippen LogP contribution is -2.64. The lowest BCUT2D eigenvalue weighted by atomic mass is 9.44. The van der Waals surface area contributed by atoms with Crippen LogP contribution in [0.1, 0.15) is 154 Å². The van der Waals surface area contributed by atoms with Gasteiger partial charge in [-0.25, -0.2) is 19.2 Å². The molecule has 0 unspecified atom stereocenters. The van der Waals surface area contributed by atoms with Crippen LogP contribution in [0.4, 0.5) is 0 Å². The Morgan fingerprint density at radius 3 is 1.31 bits per heavy atom. The fraction of sp³-hybridized carbons (Fsp3) is 0.347. The van der Waals surface area contributed by atoms with Gasteiger partial charge in [-0.3, -0.25) is 0 Å². The van der Waals surface area contributed by atoms with Crippen LogP contribution in [0.2, 0.25) is 0 Å². The normalized spacial score (nSPS) is 26.4. The summed E-state index contributed by atoms with van der Waals surface area (Å²) in [5, 5.41) is 13.7. The van der Waals surface area contributed by atoms with Gasteiger partial charge in [0.05, 0.1) is 28.4 Å². The molecule has 0 spiro atoms. The number of hydrogen-bond acceptors (Lipinski definition) is 10. The highest BCUT2D eigenvalue weighted by Crippen LogP contribution is 2.69. The molecule has 0 N–H and O–H groups in total. The highest BCUT2D eigenvalue weighted by molar-refractivity contribution is 6.12. The summed E-state index contributed by atoms with van der Waals surface area (Å²) in [6, 6.07) is 70.3. The van der Waals surface area contributed by atoms with Crippen LogP contribution in [0.5, 0.6) is 0 Å². The molecule has 532 valence electrons. The smallest absolute Gasteiger partial charge is 0.339 e. The zero-order chi connectivity index (χ0) is 71.8. The van der Waals surface area contributed by atoms with Crippen molar-refractivity contribution < 1.29 is 47.6 Å². The first-order chi connectivity index (χ1) is 51.1. The molecule has 0 bridgehead atoms. The van der Waals surface area contributed by atoms with Gasteiger partial charge >= 0.3 is 23.9 Å². The quantitative estimate of drug-likeness (QED) is 0.0304. The van der Waals surface area contributed by atoms with Gasteiger partial charge in [0.25, 0.3) is 0 Å². The van der Waals surface area contributed by atoms with Crippen molar-refractivity contribution in [3.63, 3.8) is 0 Å². The Morgan fingerprint density at radius 1 is 0.448 bits per heavy atom. The zero-order valence-electron chi connectivity index (χ0n) is 60.9. The first kappa shape index (κ1) is 68.4. The van der Waals surface area contributed by atoms with Crippen molar-refractivity contribution in [3.8, 4) is 0 Å². The van der Waals surface area contributed by atoms with Crippen LogP contribution in [0.25, 0.3) is 86.2 Å². The van der Waals surface area contributed by atoms with Crippen molar-refractivity contribution in [1.29, 1.82) is 0 Å². The minimum Gasteiger partial charge on any atom is -0.459 e. The van der Waals surface area contributed by atoms with Gasteiger partial charge in [0.2, 0.25) is 0 Å². The van der Waals surface area contributed by atoms with Gasteiger partial charge < -0.3 is 28.4 Å². The number of carbonyl (C=O) groups excluding carboxylic acids is 4. The Kier molecular flexibility index (Phi) is 18.2. The second-order valence-electron chi connectivity index (χ2n) is 32.1. The Hall–Kier alpha value is -9.74. The van der Waals surface area contributed by atoms with E-state index >= 15 is 19.2 Å². The summed E-state index contributed by atoms with van der Waals surface area (Å²) in [4.78, 5) is 62.9. The van der Waals surface area contributed by atoms with E-state index in [0.717, 1.165) is 89.8 Å². The van der Waals surface area contributed by atoms with Gasteiger partial charge in [0.15, 0.2) is 24.6 Å². The van der Waals surface area contributed by atoms with E-state index in [9.17, 15) is 0 Å². The average molecular weight is 1390 g/mol. The third kappa shape index (κ3) is 12.6. The van der Waals surface area contributed by atoms with Crippen molar-refractivity contribution in [2.45, 2.75) is 149 Å². The third-order valence-electron chi connectivity index (χ3n) is 26.3. The molecule has 12 aromatic rings. The second kappa shape index (κ2) is 28.0. The maximum absolute atomic E-state index is 16.0. The molecule has 5 fully saturated rings. The first-order valence-electron chi connectivity index (χ1n) is 38.5. The van der Waals surface area contributed by atoms with Gasteiger partial charge in [-0.05, 0) is 289 Å². The van der Waals surface area contributed by atoms with Crippen molar-refractivity contribution in [3.05, 3.63) is 252 Å². The summed E-state index contributed by atoms with van der Waals surface area (Å²) in [7, 11) is 0. The second-order valence-corrected chi connectivity index (χ2v) is 32.1. The Balaban J connectivity index is 0.763. The minimum atomic E-state index is -1.64. The fourth-order valence-electron chi connectivity index (χ4n) is 20.8. The molecule has 12 aromatic carbocycles. The maximum Gasteiger partial charge on any atom is 0.339 e. The number of rotatable bonds is 16. The molecule has 0 amide bonds. The van der Waals surface area contributed by atoms with Crippen molar-refractivity contribution in [2.75, 3.05) is 6.61 Å². The summed E-state index contributed by atoms with van der Waals surface area (Å²) in [5.41, 5.74) is 3.05. The molecule has 14 atom stereocenters. The number of esters is 4. The standard InChI is InChI=1S/C95H92O10/c1-7-58(56(2)3)37-36-57(4)82-40-41-83-77-39-38-71-54-72(42-44-94(71,5)84(77)43-45-95(82,83)6)101-93-88(105-92(99)76-35-19-31-70-49-62-23-11-15-27-66(62)53-81(70)76)87(104-91(98)75-34-18-30-69-48-61-22-10-14-26-65(61)52-80(69)75)86(103-90(97)74-33-17-29-68-47-60-21-9-13-25-64(60)51-79(68)74)85(102-93)55-100-89(96)73-32-16-28-67-46-59-20-8-12-24-63(59)50-78(67)73/h7-35,46-53,56-57,71-72,77,82-88,93H,36-45,54-55H2,1-6H3/b58-7-/t57-,71+,72+,77+,82-,83+,84+,85-,86-,87+,88-,93-,94+,95-/m1/s1. The van der Waals surface area contributed by atoms with E-state index in [2.05, 4.69) is 59.8 Å². The van der Waals surface area contributed by atoms with Gasteiger partial charge in [-0.1, -0.05) is 192 Å². The molecule has 0 radical (unpaired) electrons. The van der Waals surface area contributed by atoms with Crippen LogP contribution in [-0.2, 0) is 28.4 Å². The van der Waals surface area contributed by atoms with Crippen molar-refractivity contribution in [1.82, 2.24) is 0 Å². The summed E-state index contributed by atoms with van der Waals surface area (Å²) in [6.45, 7) is 14.2. The molecule has 17 rings (SSSR count). The molecular formula is C95H92O10. The van der Waals surface area contributed by atoms with Crippen LogP contribution >= 0.6 is 0 Å². The molecule has 0 aromatic heterocycles. The van der Waals surface area contributed by atoms with Gasteiger partial charge in [0, 0.05) is 0 Å². The average Bonchev–Trinajstić information content (AvgIpc) is 1.67. The SMILES string of the molecule is C/C=C(/CC[C@@H](C)[C@H]1CC[C@H]2[C@@H]3CC[C@H]4C[C@@H](O[C@@H]5O[C@H](COC(=O)c6cccc7cc8ccccc8cc67)[C@@H](OC(=O)c6cccc7cc8ccccc8cc67)[C@H](OC(=O)c6cccc7cc8ccccc8cc67)[C@H]5OC(=O)c5cccc6cc7ccccc7cc56)CC[C@]4(C)[C@H]3CC[C@]12C)C(C)C. The fourth-order valence-corrected chi connectivity index (χ4v) is 20.8. The van der Waals surface area contributed by atoms with E-state index in [-0.39, 0.29) is 22.1 Å². The highest BCUT2D eigenvalue weighted by atomic mass is 16.7. The number of allylic oxidation sites excluding steroid dienone is 2. The number of hydrogen-bond donors (Lipinski definition) is 0. The Bertz CT molecular complexity index is 5440. The molecular weight excluding hydrogens is 1300 g/mol. The van der Waals surface area contributed by atoms with E-state index in [4.69, 9.17) is 28.4 Å². The minimum absolute atomic E-state index is 0.0728. The molecule has 4 saturated carbocycles. The van der Waals surface area contributed by atoms with Gasteiger partial charge in [0.1, 0.15) is 12.7 Å². The topological polar surface area (TPSA) is 124 Å². The maximum atomic E-state index is 16.0. The van der Waals surface area contributed by atoms with Crippen LogP contribution in [0.15, 0.2) is 230 Å². The Labute approximate surface area is 614 Å². The van der Waals surface area contributed by atoms with E-state index in [1.54, 1.807) is 29.8 Å². The summed E-state index contributed by atoms with van der Waals surface area (Å²) in [6.07, 6.45) is 6.49. The van der Waals surface area contributed by atoms with E-state index in [0.29, 0.717) is 74.5 Å². The van der Waals surface area contributed by atoms with Crippen LogP contribution in [0, 0.1) is 52.3 Å². The van der Waals surface area contributed by atoms with Crippen LogP contribution in [0.3, 0.4) is 0 Å². The molecule has 1 heterocycles. The van der Waals surface area contributed by atoms with Gasteiger partial charge in [-0.2, -0.15) is 0 Å². The van der Waals surface area contributed by atoms with E-state index < -0.39 is 67.3 Å². The molecule has 1 aliphatic heterocycles. The zero-order valence-corrected chi connectivity index (χ0v) is 60.9. The highest BCUT2D eigenvalue weighted by Gasteiger charge is 2.62. The first-order valence-corrected chi connectivity index (χ1v) is 38.5. The molecule has 105 heavy (non-hydrogen) atoms. The van der Waals surface area contributed by atoms with E-state index in [1.165, 1.54) is 44.9 Å². The molecule has 5 aliphatic rings. The van der Waals surface area contributed by atoms with Gasteiger partial charge in [-0.15, -0.1) is 0 Å². The molecule has 4 aliphatic carbocycles. The number of benzene rings is 12. The van der Waals surface area contributed by atoms with Crippen LogP contribution in [-0.4, -0.2) is 67.3 Å². The monoisotopic (exact) mass is 1390 g/mol. The largest absolute Gasteiger partial charge is 0.459 e. The van der Waals surface area contributed by atoms with Crippen LogP contribution < -0.4 is 0 Å². The molecule has 10 heteroatoms. The lowest BCUT2D eigenvalue weighted by Gasteiger charge is -2.61. The van der Waals surface area contributed by atoms with Crippen molar-refractivity contribution >= 4 is 110 Å². The molecule has 10 nitrogen and oxygen atoms in total. The number of fused-ring (bicyclic) bond motifs is 13. The number of carbonyl (C=O) groups is 4. The summed E-state index contributed by atoms with van der Waals surface area (Å²) < 4.78 is 42.6. The predicted molar refractivity (Wildman–Crippen MR) is 419 cm³/mol. The third-order valence-corrected chi connectivity index (χ3v) is 26.3.